The first-order chi connectivity index (χ1) is 16.3. The number of sulfone groups is 1. The van der Waals surface area contributed by atoms with Crippen molar-refractivity contribution in [3.05, 3.63) is 52.5 Å². The number of benzene rings is 2. The molecule has 3 rings (SSSR count). The van der Waals surface area contributed by atoms with Crippen LogP contribution in [0.2, 0.25) is 10.0 Å². The van der Waals surface area contributed by atoms with Gasteiger partial charge in [-0.15, -0.1) is 11.3 Å². The molecule has 0 fully saturated rings. The first-order valence-corrected chi connectivity index (χ1v) is 15.3. The van der Waals surface area contributed by atoms with Crippen LogP contribution in [-0.2, 0) is 24.4 Å². The van der Waals surface area contributed by atoms with E-state index in [1.165, 1.54) is 18.2 Å². The summed E-state index contributed by atoms with van der Waals surface area (Å²) in [7, 11) is -15.4. The standard InChI is InChI=1S/C17H11Cl2F5NO7PS3/c18-12-5-6-13(19)15-11(12)7-14(34-15)36(30,31)25-8-33(26,27)32-9-1-3-10(4-2-9)35(28,29)17(23,24)16(20,21)22/h1-7,25H,8H2,(H,26,27). The lowest BCUT2D eigenvalue weighted by Crippen LogP contribution is -2.43. The van der Waals surface area contributed by atoms with E-state index in [-0.39, 0.29) is 14.3 Å². The highest BCUT2D eigenvalue weighted by atomic mass is 35.5. The molecule has 0 aliphatic heterocycles. The zero-order valence-corrected chi connectivity index (χ0v) is 21.8. The highest BCUT2D eigenvalue weighted by Crippen LogP contribution is 2.45. The highest BCUT2D eigenvalue weighted by Gasteiger charge is 2.67. The molecule has 1 atom stereocenters. The molecular weight excluding hydrogens is 623 g/mol. The Balaban J connectivity index is 1.75. The molecule has 0 radical (unpaired) electrons. The van der Waals surface area contributed by atoms with Crippen LogP contribution in [0.3, 0.4) is 0 Å². The monoisotopic (exact) mass is 633 g/mol. The van der Waals surface area contributed by atoms with E-state index < -0.39 is 55.8 Å². The van der Waals surface area contributed by atoms with Crippen LogP contribution in [0.1, 0.15) is 0 Å². The largest absolute Gasteiger partial charge is 0.469 e. The van der Waals surface area contributed by atoms with Crippen molar-refractivity contribution in [2.45, 2.75) is 20.5 Å². The Hall–Kier alpha value is -1.52. The van der Waals surface area contributed by atoms with Gasteiger partial charge in [-0.1, -0.05) is 23.2 Å². The van der Waals surface area contributed by atoms with Crippen molar-refractivity contribution in [2.75, 3.05) is 6.29 Å². The Kier molecular flexibility index (Phi) is 7.79. The Morgan fingerprint density at radius 2 is 1.53 bits per heavy atom. The fourth-order valence-electron chi connectivity index (χ4n) is 2.58. The molecule has 0 aliphatic rings. The second kappa shape index (κ2) is 9.66. The minimum atomic E-state index is -6.38. The van der Waals surface area contributed by atoms with Crippen molar-refractivity contribution < 1.29 is 52.8 Å². The quantitative estimate of drug-likeness (QED) is 0.243. The Morgan fingerprint density at radius 3 is 2.06 bits per heavy atom. The van der Waals surface area contributed by atoms with Crippen molar-refractivity contribution in [3.63, 3.8) is 0 Å². The van der Waals surface area contributed by atoms with Crippen LogP contribution in [-0.4, -0.2) is 39.4 Å². The van der Waals surface area contributed by atoms with E-state index in [4.69, 9.17) is 27.7 Å². The van der Waals surface area contributed by atoms with E-state index in [0.29, 0.717) is 34.4 Å². The number of alkyl halides is 5. The second-order valence-electron chi connectivity index (χ2n) is 6.86. The minimum absolute atomic E-state index is 0.210. The van der Waals surface area contributed by atoms with Crippen molar-refractivity contribution in [3.8, 4) is 5.75 Å². The van der Waals surface area contributed by atoms with Gasteiger partial charge < -0.3 is 9.42 Å². The number of halogens is 7. The number of rotatable bonds is 8. The van der Waals surface area contributed by atoms with Gasteiger partial charge in [0.25, 0.3) is 19.9 Å². The highest BCUT2D eigenvalue weighted by molar-refractivity contribution is 7.92. The summed E-state index contributed by atoms with van der Waals surface area (Å²) in [6.45, 7) is 0. The van der Waals surface area contributed by atoms with Gasteiger partial charge in [0, 0.05) is 10.4 Å². The van der Waals surface area contributed by atoms with Gasteiger partial charge in [0.05, 0.1) is 14.6 Å². The zero-order chi connectivity index (χ0) is 27.3. The molecule has 36 heavy (non-hydrogen) atoms. The molecule has 1 aromatic heterocycles. The zero-order valence-electron chi connectivity index (χ0n) is 17.0. The molecule has 1 heterocycles. The smallest absolute Gasteiger partial charge is 0.424 e. The molecule has 0 saturated heterocycles. The topological polar surface area (TPSA) is 127 Å². The van der Waals surface area contributed by atoms with Gasteiger partial charge in [-0.3, -0.25) is 0 Å². The summed E-state index contributed by atoms with van der Waals surface area (Å²) in [6, 6.07) is 5.79. The van der Waals surface area contributed by atoms with Gasteiger partial charge in [-0.05, 0) is 42.5 Å². The van der Waals surface area contributed by atoms with Crippen molar-refractivity contribution >= 4 is 72.1 Å². The Bertz CT molecular complexity index is 1540. The third kappa shape index (κ3) is 5.65. The van der Waals surface area contributed by atoms with Gasteiger partial charge in [0.15, 0.2) is 0 Å². The van der Waals surface area contributed by atoms with Crippen LogP contribution < -0.4 is 9.25 Å². The lowest BCUT2D eigenvalue weighted by atomic mass is 10.3. The summed E-state index contributed by atoms with van der Waals surface area (Å²) in [4.78, 5) is 8.51. The summed E-state index contributed by atoms with van der Waals surface area (Å²) in [5, 5.41) is -5.34. The van der Waals surface area contributed by atoms with Crippen molar-refractivity contribution in [2.24, 2.45) is 0 Å². The predicted octanol–water partition coefficient (Wildman–Crippen LogP) is 5.64. The lowest BCUT2D eigenvalue weighted by molar-refractivity contribution is -0.241. The Labute approximate surface area is 214 Å². The van der Waals surface area contributed by atoms with E-state index in [9.17, 15) is 48.2 Å². The summed E-state index contributed by atoms with van der Waals surface area (Å²) in [5.74, 6) is -0.616. The second-order valence-corrected chi connectivity index (χ2v) is 14.5. The van der Waals surface area contributed by atoms with Gasteiger partial charge in [0.2, 0.25) is 0 Å². The van der Waals surface area contributed by atoms with Crippen molar-refractivity contribution in [1.29, 1.82) is 0 Å². The number of fused-ring (bicyclic) bond motifs is 1. The van der Waals surface area contributed by atoms with E-state index in [1.807, 2.05) is 4.72 Å². The number of hydrogen-bond acceptors (Lipinski definition) is 7. The summed E-state index contributed by atoms with van der Waals surface area (Å²) >= 11 is 12.8. The number of sulfonamides is 1. The van der Waals surface area contributed by atoms with Gasteiger partial charge in [0.1, 0.15) is 16.2 Å². The fraction of sp³-hybridized carbons (Fsp3) is 0.176. The third-order valence-electron chi connectivity index (χ3n) is 4.33. The first kappa shape index (κ1) is 29.0. The predicted molar refractivity (Wildman–Crippen MR) is 122 cm³/mol. The van der Waals surface area contributed by atoms with Crippen LogP contribution in [0.4, 0.5) is 22.0 Å². The molecular formula is C17H11Cl2F5NO7PS3. The average Bonchev–Trinajstić information content (AvgIpc) is 3.22. The van der Waals surface area contributed by atoms with Crippen LogP contribution in [0.25, 0.3) is 10.1 Å². The molecule has 2 N–H and O–H groups in total. The molecule has 3 aromatic rings. The number of hydrogen-bond donors (Lipinski definition) is 2. The molecule has 8 nitrogen and oxygen atoms in total. The summed E-state index contributed by atoms with van der Waals surface area (Å²) in [5.41, 5.74) is 0. The molecule has 2 aromatic carbocycles. The van der Waals surface area contributed by atoms with Crippen LogP contribution in [0, 0.1) is 0 Å². The molecule has 1 unspecified atom stereocenters. The first-order valence-electron chi connectivity index (χ1n) is 8.96. The molecule has 0 amide bonds. The van der Waals surface area contributed by atoms with Crippen molar-refractivity contribution in [1.82, 2.24) is 4.72 Å². The SMILES string of the molecule is O=P(O)(CNS(=O)(=O)c1cc2c(Cl)ccc(Cl)c2s1)Oc1ccc(S(=O)(=O)C(F)(F)C(F)(F)F)cc1. The Morgan fingerprint density at radius 1 is 0.972 bits per heavy atom. The van der Waals surface area contributed by atoms with Gasteiger partial charge >= 0.3 is 19.0 Å². The van der Waals surface area contributed by atoms with Gasteiger partial charge in [-0.25, -0.2) is 21.4 Å². The maximum absolute atomic E-state index is 13.3. The molecule has 0 spiro atoms. The van der Waals surface area contributed by atoms with E-state index in [1.54, 1.807) is 0 Å². The summed E-state index contributed by atoms with van der Waals surface area (Å²) in [6.07, 6.45) is -7.57. The van der Waals surface area contributed by atoms with E-state index in [2.05, 4.69) is 0 Å². The maximum Gasteiger partial charge on any atom is 0.469 e. The lowest BCUT2D eigenvalue weighted by Gasteiger charge is -2.20. The average molecular weight is 634 g/mol. The third-order valence-corrected chi connectivity index (χ3v) is 11.2. The van der Waals surface area contributed by atoms with Crippen LogP contribution in [0.5, 0.6) is 5.75 Å². The van der Waals surface area contributed by atoms with E-state index in [0.717, 1.165) is 11.3 Å². The molecule has 198 valence electrons. The molecule has 0 aliphatic carbocycles. The van der Waals surface area contributed by atoms with Gasteiger partial charge in [-0.2, -0.15) is 26.7 Å². The van der Waals surface area contributed by atoms with Crippen LogP contribution >= 0.6 is 42.1 Å². The van der Waals surface area contributed by atoms with Crippen LogP contribution in [0.15, 0.2) is 51.6 Å². The number of nitrogens with one attached hydrogen (secondary N) is 1. The summed E-state index contributed by atoms with van der Waals surface area (Å²) < 4.78 is 131. The number of thiophene rings is 1. The maximum atomic E-state index is 13.3. The normalized spacial score (nSPS) is 15.1. The van der Waals surface area contributed by atoms with E-state index >= 15 is 0 Å². The molecule has 0 bridgehead atoms. The fourth-order valence-corrected chi connectivity index (χ4v) is 8.18. The minimum Gasteiger partial charge on any atom is -0.424 e. The molecule has 0 saturated carbocycles. The molecule has 19 heteroatoms.